The van der Waals surface area contributed by atoms with Gasteiger partial charge < -0.3 is 4.90 Å². The van der Waals surface area contributed by atoms with Gasteiger partial charge >= 0.3 is 0 Å². The van der Waals surface area contributed by atoms with Crippen LogP contribution in [0.4, 0.5) is 5.69 Å². The van der Waals surface area contributed by atoms with Gasteiger partial charge in [0.15, 0.2) is 0 Å². The SMILES string of the molecule is CCc1ccc(N2CCC(C(C)C)CC2)cc1. The van der Waals surface area contributed by atoms with Crippen molar-refractivity contribution in [3.8, 4) is 0 Å². The zero-order chi connectivity index (χ0) is 12.3. The summed E-state index contributed by atoms with van der Waals surface area (Å²) < 4.78 is 0. The van der Waals surface area contributed by atoms with Gasteiger partial charge in [-0.1, -0.05) is 32.9 Å². The molecule has 1 heterocycles. The molecule has 0 amide bonds. The molecule has 1 aromatic rings. The van der Waals surface area contributed by atoms with E-state index >= 15 is 0 Å². The minimum Gasteiger partial charge on any atom is -0.372 e. The molecule has 1 saturated heterocycles. The van der Waals surface area contributed by atoms with Crippen LogP contribution in [0.2, 0.25) is 0 Å². The number of hydrogen-bond donors (Lipinski definition) is 0. The fraction of sp³-hybridized carbons (Fsp3) is 0.625. The molecular formula is C16H25N. The second-order valence-electron chi connectivity index (χ2n) is 5.59. The molecule has 0 N–H and O–H groups in total. The van der Waals surface area contributed by atoms with E-state index in [4.69, 9.17) is 0 Å². The van der Waals surface area contributed by atoms with Crippen LogP contribution in [0.3, 0.4) is 0 Å². The number of anilines is 1. The van der Waals surface area contributed by atoms with Crippen molar-refractivity contribution >= 4 is 5.69 Å². The Hall–Kier alpha value is -0.980. The Morgan fingerprint density at radius 3 is 2.18 bits per heavy atom. The number of piperidine rings is 1. The van der Waals surface area contributed by atoms with Crippen LogP contribution in [-0.4, -0.2) is 13.1 Å². The molecular weight excluding hydrogens is 206 g/mol. The minimum atomic E-state index is 0.847. The smallest absolute Gasteiger partial charge is 0.0366 e. The van der Waals surface area contributed by atoms with Crippen molar-refractivity contribution in [2.45, 2.75) is 40.0 Å². The second-order valence-corrected chi connectivity index (χ2v) is 5.59. The average Bonchev–Trinajstić information content (AvgIpc) is 2.39. The van der Waals surface area contributed by atoms with Crippen LogP contribution in [0, 0.1) is 11.8 Å². The highest BCUT2D eigenvalue weighted by Gasteiger charge is 2.21. The molecule has 1 aliphatic rings. The molecule has 94 valence electrons. The van der Waals surface area contributed by atoms with E-state index < -0.39 is 0 Å². The molecule has 0 bridgehead atoms. The predicted molar refractivity (Wildman–Crippen MR) is 75.6 cm³/mol. The molecule has 17 heavy (non-hydrogen) atoms. The van der Waals surface area contributed by atoms with Crippen molar-refractivity contribution in [1.82, 2.24) is 0 Å². The molecule has 1 aromatic carbocycles. The van der Waals surface area contributed by atoms with Crippen molar-refractivity contribution in [1.29, 1.82) is 0 Å². The molecule has 0 spiro atoms. The fourth-order valence-electron chi connectivity index (χ4n) is 2.77. The lowest BCUT2D eigenvalue weighted by molar-refractivity contribution is 0.311. The Bertz CT molecular complexity index is 331. The first-order chi connectivity index (χ1) is 8.20. The Kier molecular flexibility index (Phi) is 4.09. The highest BCUT2D eigenvalue weighted by Crippen LogP contribution is 2.27. The van der Waals surface area contributed by atoms with Gasteiger partial charge in [-0.15, -0.1) is 0 Å². The molecule has 0 saturated carbocycles. The van der Waals surface area contributed by atoms with Gasteiger partial charge in [-0.3, -0.25) is 0 Å². The number of hydrogen-bond acceptors (Lipinski definition) is 1. The molecule has 0 unspecified atom stereocenters. The minimum absolute atomic E-state index is 0.847. The van der Waals surface area contributed by atoms with E-state index in [1.807, 2.05) is 0 Å². The third kappa shape index (κ3) is 3.02. The summed E-state index contributed by atoms with van der Waals surface area (Å²) in [7, 11) is 0. The second kappa shape index (κ2) is 5.57. The quantitative estimate of drug-likeness (QED) is 0.756. The van der Waals surface area contributed by atoms with Crippen molar-refractivity contribution in [2.24, 2.45) is 11.8 Å². The van der Waals surface area contributed by atoms with Gasteiger partial charge in [0.05, 0.1) is 0 Å². The summed E-state index contributed by atoms with van der Waals surface area (Å²) in [6.45, 7) is 9.39. The topological polar surface area (TPSA) is 3.24 Å². The van der Waals surface area contributed by atoms with Crippen LogP contribution in [-0.2, 0) is 6.42 Å². The zero-order valence-electron chi connectivity index (χ0n) is 11.4. The molecule has 1 aliphatic heterocycles. The zero-order valence-corrected chi connectivity index (χ0v) is 11.4. The Morgan fingerprint density at radius 1 is 1.12 bits per heavy atom. The monoisotopic (exact) mass is 231 g/mol. The van der Waals surface area contributed by atoms with E-state index in [9.17, 15) is 0 Å². The van der Waals surface area contributed by atoms with Gasteiger partial charge in [0.1, 0.15) is 0 Å². The fourth-order valence-corrected chi connectivity index (χ4v) is 2.77. The summed E-state index contributed by atoms with van der Waals surface area (Å²) in [5, 5.41) is 0. The van der Waals surface area contributed by atoms with E-state index in [-0.39, 0.29) is 0 Å². The summed E-state index contributed by atoms with van der Waals surface area (Å²) >= 11 is 0. The summed E-state index contributed by atoms with van der Waals surface area (Å²) in [6, 6.07) is 9.11. The lowest BCUT2D eigenvalue weighted by Gasteiger charge is -2.35. The molecule has 2 rings (SSSR count). The first kappa shape index (κ1) is 12.5. The number of rotatable bonds is 3. The van der Waals surface area contributed by atoms with E-state index in [1.54, 1.807) is 0 Å². The molecule has 1 nitrogen and oxygen atoms in total. The molecule has 1 heteroatoms. The van der Waals surface area contributed by atoms with Crippen molar-refractivity contribution in [3.05, 3.63) is 29.8 Å². The third-order valence-corrected chi connectivity index (χ3v) is 4.19. The lowest BCUT2D eigenvalue weighted by Crippen LogP contribution is -2.35. The van der Waals surface area contributed by atoms with Crippen LogP contribution < -0.4 is 4.90 Å². The van der Waals surface area contributed by atoms with Gasteiger partial charge in [0.2, 0.25) is 0 Å². The molecule has 1 fully saturated rings. The van der Waals surface area contributed by atoms with Crippen LogP contribution in [0.15, 0.2) is 24.3 Å². The van der Waals surface area contributed by atoms with Gasteiger partial charge in [-0.2, -0.15) is 0 Å². The largest absolute Gasteiger partial charge is 0.372 e. The summed E-state index contributed by atoms with van der Waals surface area (Å²) in [5.41, 5.74) is 2.84. The van der Waals surface area contributed by atoms with Gasteiger partial charge in [0.25, 0.3) is 0 Å². The van der Waals surface area contributed by atoms with Gasteiger partial charge in [0, 0.05) is 18.8 Å². The summed E-state index contributed by atoms with van der Waals surface area (Å²) in [4.78, 5) is 2.54. The standard InChI is InChI=1S/C16H25N/c1-4-14-5-7-16(8-6-14)17-11-9-15(10-12-17)13(2)3/h5-8,13,15H,4,9-12H2,1-3H3. The maximum Gasteiger partial charge on any atom is 0.0366 e. The molecule has 0 aromatic heterocycles. The summed E-state index contributed by atoms with van der Waals surface area (Å²) in [5.74, 6) is 1.78. The van der Waals surface area contributed by atoms with E-state index in [0.29, 0.717) is 0 Å². The highest BCUT2D eigenvalue weighted by molar-refractivity contribution is 5.47. The lowest BCUT2D eigenvalue weighted by atomic mass is 9.86. The Morgan fingerprint density at radius 2 is 1.71 bits per heavy atom. The third-order valence-electron chi connectivity index (χ3n) is 4.19. The van der Waals surface area contributed by atoms with E-state index in [0.717, 1.165) is 18.3 Å². The number of benzene rings is 1. The molecule has 0 atom stereocenters. The molecule has 0 radical (unpaired) electrons. The summed E-state index contributed by atoms with van der Waals surface area (Å²) in [6.07, 6.45) is 3.84. The highest BCUT2D eigenvalue weighted by atomic mass is 15.1. The Balaban J connectivity index is 1.95. The average molecular weight is 231 g/mol. The maximum atomic E-state index is 2.54. The van der Waals surface area contributed by atoms with Crippen molar-refractivity contribution in [2.75, 3.05) is 18.0 Å². The van der Waals surface area contributed by atoms with Crippen LogP contribution in [0.25, 0.3) is 0 Å². The van der Waals surface area contributed by atoms with Gasteiger partial charge in [-0.05, 0) is 48.8 Å². The van der Waals surface area contributed by atoms with Gasteiger partial charge in [-0.25, -0.2) is 0 Å². The van der Waals surface area contributed by atoms with Crippen LogP contribution >= 0.6 is 0 Å². The molecule has 0 aliphatic carbocycles. The maximum absolute atomic E-state index is 2.54. The number of aryl methyl sites for hydroxylation is 1. The first-order valence-corrected chi connectivity index (χ1v) is 7.04. The van der Waals surface area contributed by atoms with E-state index in [2.05, 4.69) is 49.9 Å². The normalized spacial score (nSPS) is 17.8. The number of nitrogens with zero attached hydrogens (tertiary/aromatic N) is 1. The van der Waals surface area contributed by atoms with Crippen molar-refractivity contribution in [3.63, 3.8) is 0 Å². The predicted octanol–water partition coefficient (Wildman–Crippen LogP) is 4.12. The van der Waals surface area contributed by atoms with Crippen molar-refractivity contribution < 1.29 is 0 Å². The first-order valence-electron chi connectivity index (χ1n) is 7.04. The van der Waals surface area contributed by atoms with Crippen LogP contribution in [0.5, 0.6) is 0 Å². The van der Waals surface area contributed by atoms with E-state index in [1.165, 1.54) is 37.2 Å². The Labute approximate surface area is 106 Å². The van der Waals surface area contributed by atoms with Crippen LogP contribution in [0.1, 0.15) is 39.2 Å².